The predicted octanol–water partition coefficient (Wildman–Crippen LogP) is 3.74. The van der Waals surface area contributed by atoms with E-state index in [1.54, 1.807) is 10.6 Å². The Morgan fingerprint density at radius 3 is 2.31 bits per heavy atom. The van der Waals surface area contributed by atoms with E-state index < -0.39 is 16.9 Å². The van der Waals surface area contributed by atoms with Crippen LogP contribution >= 0.6 is 15.9 Å². The molecule has 0 radical (unpaired) electrons. The maximum Gasteiger partial charge on any atom is 0.354 e. The second kappa shape index (κ2) is 6.64. The standard InChI is InChI=1S/C19H19BrN2O4/c1-10(2)22-13(11-5-7-12(8-6-11)21(3)4)9-14-15(18(22)24)17(23)16(20)19(25)26-14/h5-10,23H,1-4H3. The lowest BCUT2D eigenvalue weighted by Gasteiger charge is -2.19. The van der Waals surface area contributed by atoms with Crippen LogP contribution < -0.4 is 16.1 Å². The Morgan fingerprint density at radius 1 is 1.15 bits per heavy atom. The molecule has 0 saturated carbocycles. The molecule has 0 atom stereocenters. The first-order valence-electron chi connectivity index (χ1n) is 8.11. The lowest BCUT2D eigenvalue weighted by molar-refractivity contribution is 0.460. The monoisotopic (exact) mass is 418 g/mol. The third-order valence-corrected chi connectivity index (χ3v) is 4.93. The smallest absolute Gasteiger partial charge is 0.354 e. The predicted molar refractivity (Wildman–Crippen MR) is 106 cm³/mol. The molecule has 7 heteroatoms. The van der Waals surface area contributed by atoms with Crippen LogP contribution in [0.5, 0.6) is 5.75 Å². The van der Waals surface area contributed by atoms with Crippen molar-refractivity contribution in [3.8, 4) is 17.0 Å². The van der Waals surface area contributed by atoms with E-state index in [0.29, 0.717) is 5.69 Å². The maximum absolute atomic E-state index is 13.0. The van der Waals surface area contributed by atoms with Crippen LogP contribution in [0.4, 0.5) is 5.69 Å². The van der Waals surface area contributed by atoms with Gasteiger partial charge in [-0.2, -0.15) is 0 Å². The van der Waals surface area contributed by atoms with Gasteiger partial charge in [0.1, 0.15) is 15.4 Å². The lowest BCUT2D eigenvalue weighted by Crippen LogP contribution is -2.24. The van der Waals surface area contributed by atoms with E-state index in [1.165, 1.54) is 0 Å². The summed E-state index contributed by atoms with van der Waals surface area (Å²) < 4.78 is 6.66. The zero-order valence-electron chi connectivity index (χ0n) is 14.9. The van der Waals surface area contributed by atoms with E-state index in [4.69, 9.17) is 4.42 Å². The van der Waals surface area contributed by atoms with Crippen LogP contribution in [0, 0.1) is 0 Å². The molecule has 1 aromatic carbocycles. The highest BCUT2D eigenvalue weighted by Gasteiger charge is 2.20. The van der Waals surface area contributed by atoms with E-state index in [-0.39, 0.29) is 21.5 Å². The third-order valence-electron chi connectivity index (χ3n) is 4.23. The van der Waals surface area contributed by atoms with Crippen molar-refractivity contribution in [1.29, 1.82) is 0 Å². The van der Waals surface area contributed by atoms with Gasteiger partial charge < -0.3 is 19.0 Å². The molecule has 0 aliphatic rings. The minimum atomic E-state index is -0.731. The molecule has 0 aliphatic carbocycles. The van der Waals surface area contributed by atoms with Crippen molar-refractivity contribution in [3.05, 3.63) is 55.6 Å². The molecule has 0 bridgehead atoms. The van der Waals surface area contributed by atoms with E-state index in [2.05, 4.69) is 15.9 Å². The van der Waals surface area contributed by atoms with Gasteiger partial charge in [-0.15, -0.1) is 0 Å². The number of halogens is 1. The van der Waals surface area contributed by atoms with E-state index in [1.807, 2.05) is 57.1 Å². The highest BCUT2D eigenvalue weighted by Crippen LogP contribution is 2.31. The Labute approximate surface area is 158 Å². The topological polar surface area (TPSA) is 75.7 Å². The molecule has 0 spiro atoms. The molecule has 136 valence electrons. The number of hydrogen-bond donors (Lipinski definition) is 1. The zero-order chi connectivity index (χ0) is 19.2. The van der Waals surface area contributed by atoms with E-state index >= 15 is 0 Å². The third kappa shape index (κ3) is 2.92. The summed E-state index contributed by atoms with van der Waals surface area (Å²) in [4.78, 5) is 26.9. The van der Waals surface area contributed by atoms with Crippen molar-refractivity contribution >= 4 is 32.6 Å². The number of nitrogens with zero attached hydrogens (tertiary/aromatic N) is 2. The summed E-state index contributed by atoms with van der Waals surface area (Å²) in [7, 11) is 3.90. The SMILES string of the molecule is CC(C)n1c(-c2ccc(N(C)C)cc2)cc2oc(=O)c(Br)c(O)c2c1=O. The molecule has 6 nitrogen and oxygen atoms in total. The summed E-state index contributed by atoms with van der Waals surface area (Å²) in [5.74, 6) is -0.398. The summed E-state index contributed by atoms with van der Waals surface area (Å²) in [6.45, 7) is 3.77. The summed E-state index contributed by atoms with van der Waals surface area (Å²) in [6, 6.07) is 9.18. The van der Waals surface area contributed by atoms with Crippen molar-refractivity contribution < 1.29 is 9.52 Å². The van der Waals surface area contributed by atoms with Gasteiger partial charge >= 0.3 is 5.63 Å². The number of anilines is 1. The van der Waals surface area contributed by atoms with Gasteiger partial charge in [-0.1, -0.05) is 12.1 Å². The van der Waals surface area contributed by atoms with Crippen LogP contribution in [0.3, 0.4) is 0 Å². The van der Waals surface area contributed by atoms with Crippen LogP contribution in [0.15, 0.2) is 48.8 Å². The van der Waals surface area contributed by atoms with E-state index in [9.17, 15) is 14.7 Å². The molecule has 1 N–H and O–H groups in total. The summed E-state index contributed by atoms with van der Waals surface area (Å²) in [5, 5.41) is 10.2. The summed E-state index contributed by atoms with van der Waals surface area (Å²) in [5.41, 5.74) is 1.38. The first-order valence-corrected chi connectivity index (χ1v) is 8.90. The number of pyridine rings is 1. The second-order valence-electron chi connectivity index (χ2n) is 6.53. The molecule has 0 saturated heterocycles. The van der Waals surface area contributed by atoms with Crippen molar-refractivity contribution in [2.24, 2.45) is 0 Å². The fourth-order valence-electron chi connectivity index (χ4n) is 2.92. The van der Waals surface area contributed by atoms with Crippen LogP contribution in [-0.4, -0.2) is 23.8 Å². The molecule has 26 heavy (non-hydrogen) atoms. The van der Waals surface area contributed by atoms with Crippen LogP contribution in [0.25, 0.3) is 22.2 Å². The number of benzene rings is 1. The number of rotatable bonds is 3. The maximum atomic E-state index is 13.0. The van der Waals surface area contributed by atoms with Gasteiger partial charge in [0.2, 0.25) is 0 Å². The first kappa shape index (κ1) is 18.3. The molecule has 0 amide bonds. The Hall–Kier alpha value is -2.54. The first-order chi connectivity index (χ1) is 12.2. The lowest BCUT2D eigenvalue weighted by atomic mass is 10.1. The summed E-state index contributed by atoms with van der Waals surface area (Å²) >= 11 is 2.97. The second-order valence-corrected chi connectivity index (χ2v) is 7.32. The highest BCUT2D eigenvalue weighted by molar-refractivity contribution is 9.10. The molecule has 0 fully saturated rings. The zero-order valence-corrected chi connectivity index (χ0v) is 16.5. The molecular formula is C19H19BrN2O4. The van der Waals surface area contributed by atoms with Crippen molar-refractivity contribution in [2.45, 2.75) is 19.9 Å². The van der Waals surface area contributed by atoms with Gasteiger partial charge in [0, 0.05) is 31.9 Å². The van der Waals surface area contributed by atoms with Gasteiger partial charge in [-0.25, -0.2) is 4.79 Å². The molecule has 2 heterocycles. The van der Waals surface area contributed by atoms with Gasteiger partial charge in [-0.3, -0.25) is 4.79 Å². The van der Waals surface area contributed by atoms with Gasteiger partial charge in [0.05, 0.1) is 5.69 Å². The quantitative estimate of drug-likeness (QED) is 0.700. The van der Waals surface area contributed by atoms with Gasteiger partial charge in [0.15, 0.2) is 5.75 Å². The number of hydrogen-bond acceptors (Lipinski definition) is 5. The Balaban J connectivity index is 2.38. The van der Waals surface area contributed by atoms with Crippen LogP contribution in [-0.2, 0) is 0 Å². The number of fused-ring (bicyclic) bond motifs is 1. The van der Waals surface area contributed by atoms with Gasteiger partial charge in [0.25, 0.3) is 5.56 Å². The minimum Gasteiger partial charge on any atom is -0.506 e. The molecule has 3 rings (SSSR count). The molecular weight excluding hydrogens is 400 g/mol. The Morgan fingerprint density at radius 2 is 1.77 bits per heavy atom. The highest BCUT2D eigenvalue weighted by atomic mass is 79.9. The fraction of sp³-hybridized carbons (Fsp3) is 0.263. The van der Waals surface area contributed by atoms with Crippen molar-refractivity contribution in [3.63, 3.8) is 0 Å². The summed E-state index contributed by atoms with van der Waals surface area (Å²) in [6.07, 6.45) is 0. The normalized spacial score (nSPS) is 11.3. The Kier molecular flexibility index (Phi) is 4.66. The van der Waals surface area contributed by atoms with E-state index in [0.717, 1.165) is 11.3 Å². The molecule has 0 unspecified atom stereocenters. The largest absolute Gasteiger partial charge is 0.506 e. The van der Waals surface area contributed by atoms with Crippen LogP contribution in [0.1, 0.15) is 19.9 Å². The number of aromatic nitrogens is 1. The fourth-order valence-corrected chi connectivity index (χ4v) is 3.20. The minimum absolute atomic E-state index is 0.0150. The molecule has 2 aromatic heterocycles. The average Bonchev–Trinajstić information content (AvgIpc) is 2.58. The van der Waals surface area contributed by atoms with Crippen molar-refractivity contribution in [1.82, 2.24) is 4.57 Å². The van der Waals surface area contributed by atoms with Crippen LogP contribution in [0.2, 0.25) is 0 Å². The Bertz CT molecular complexity index is 1100. The van der Waals surface area contributed by atoms with Gasteiger partial charge in [-0.05, 0) is 47.5 Å². The van der Waals surface area contributed by atoms with Crippen molar-refractivity contribution in [2.75, 3.05) is 19.0 Å². The molecule has 3 aromatic rings. The number of aromatic hydroxyl groups is 1. The molecule has 0 aliphatic heterocycles. The average molecular weight is 419 g/mol.